The van der Waals surface area contributed by atoms with Gasteiger partial charge in [0, 0.05) is 12.7 Å². The second-order valence-electron chi connectivity index (χ2n) is 3.99. The van der Waals surface area contributed by atoms with Gasteiger partial charge in [-0.1, -0.05) is 0 Å². The molecule has 0 N–H and O–H groups in total. The highest BCUT2D eigenvalue weighted by atomic mass is 28.4. The van der Waals surface area contributed by atoms with Crippen molar-refractivity contribution in [3.05, 3.63) is 0 Å². The molecular weight excluding hydrogens is 168 g/mol. The minimum Gasteiger partial charge on any atom is -0.395 e. The van der Waals surface area contributed by atoms with Crippen molar-refractivity contribution in [1.82, 2.24) is 0 Å². The van der Waals surface area contributed by atoms with Gasteiger partial charge in [-0.25, -0.2) is 0 Å². The summed E-state index contributed by atoms with van der Waals surface area (Å²) in [5.41, 5.74) is 0. The van der Waals surface area contributed by atoms with Gasteiger partial charge in [-0.05, 0) is 45.7 Å². The standard InChI is InChI=1S/C9H20O2Si/c1-5-10-12(3,4)11-8(2)9-6-7-9/h8-9H,5-7H2,1-4H3. The van der Waals surface area contributed by atoms with E-state index in [1.54, 1.807) is 0 Å². The monoisotopic (exact) mass is 188 g/mol. The molecule has 0 radical (unpaired) electrons. The first-order valence-corrected chi connectivity index (χ1v) is 7.68. The van der Waals surface area contributed by atoms with E-state index >= 15 is 0 Å². The summed E-state index contributed by atoms with van der Waals surface area (Å²) in [5, 5.41) is 0. The smallest absolute Gasteiger partial charge is 0.331 e. The molecule has 72 valence electrons. The Balaban J connectivity index is 2.26. The second kappa shape index (κ2) is 3.90. The Labute approximate surface area is 76.5 Å². The van der Waals surface area contributed by atoms with Gasteiger partial charge in [0.05, 0.1) is 0 Å². The summed E-state index contributed by atoms with van der Waals surface area (Å²) >= 11 is 0. The van der Waals surface area contributed by atoms with Crippen molar-refractivity contribution in [3.8, 4) is 0 Å². The predicted molar refractivity (Wildman–Crippen MR) is 52.4 cm³/mol. The van der Waals surface area contributed by atoms with E-state index in [1.165, 1.54) is 12.8 Å². The Kier molecular flexibility index (Phi) is 3.32. The number of rotatable bonds is 5. The molecule has 3 heteroatoms. The van der Waals surface area contributed by atoms with Crippen LogP contribution in [0.25, 0.3) is 0 Å². The second-order valence-corrected chi connectivity index (χ2v) is 7.32. The molecule has 0 aromatic rings. The summed E-state index contributed by atoms with van der Waals surface area (Å²) in [6.45, 7) is 9.21. The summed E-state index contributed by atoms with van der Waals surface area (Å²) in [5.74, 6) is 0.817. The van der Waals surface area contributed by atoms with Crippen molar-refractivity contribution in [3.63, 3.8) is 0 Å². The van der Waals surface area contributed by atoms with E-state index in [1.807, 2.05) is 6.92 Å². The molecule has 1 fully saturated rings. The minimum absolute atomic E-state index is 0.415. The van der Waals surface area contributed by atoms with Gasteiger partial charge in [0.25, 0.3) is 0 Å². The Morgan fingerprint density at radius 3 is 2.42 bits per heavy atom. The van der Waals surface area contributed by atoms with Crippen LogP contribution in [0.5, 0.6) is 0 Å². The van der Waals surface area contributed by atoms with Crippen molar-refractivity contribution < 1.29 is 8.85 Å². The Morgan fingerprint density at radius 1 is 1.42 bits per heavy atom. The summed E-state index contributed by atoms with van der Waals surface area (Å²) in [4.78, 5) is 0. The van der Waals surface area contributed by atoms with Crippen LogP contribution in [0.1, 0.15) is 26.7 Å². The molecule has 0 aromatic carbocycles. The van der Waals surface area contributed by atoms with Crippen LogP contribution in [0.2, 0.25) is 13.1 Å². The lowest BCUT2D eigenvalue weighted by molar-refractivity contribution is 0.121. The highest BCUT2D eigenvalue weighted by Gasteiger charge is 2.34. The van der Waals surface area contributed by atoms with Crippen LogP contribution in [0.4, 0.5) is 0 Å². The third-order valence-corrected chi connectivity index (χ3v) is 4.17. The fraction of sp³-hybridized carbons (Fsp3) is 1.00. The maximum absolute atomic E-state index is 5.92. The fourth-order valence-corrected chi connectivity index (χ4v) is 3.34. The van der Waals surface area contributed by atoms with Gasteiger partial charge in [-0.3, -0.25) is 0 Å². The zero-order chi connectivity index (χ0) is 9.19. The molecule has 1 rings (SSSR count). The molecule has 1 aliphatic rings. The Bertz CT molecular complexity index is 143. The Morgan fingerprint density at radius 2 is 2.00 bits per heavy atom. The van der Waals surface area contributed by atoms with Gasteiger partial charge in [0.2, 0.25) is 0 Å². The summed E-state index contributed by atoms with van der Waals surface area (Å²) in [6, 6.07) is 0. The predicted octanol–water partition coefficient (Wildman–Crippen LogP) is 2.54. The highest BCUT2D eigenvalue weighted by Crippen LogP contribution is 2.35. The number of hydrogen-bond acceptors (Lipinski definition) is 2. The minimum atomic E-state index is -1.79. The highest BCUT2D eigenvalue weighted by molar-refractivity contribution is 6.64. The van der Waals surface area contributed by atoms with Gasteiger partial charge in [-0.2, -0.15) is 0 Å². The summed E-state index contributed by atoms with van der Waals surface area (Å²) in [6.07, 6.45) is 3.11. The molecule has 0 heterocycles. The lowest BCUT2D eigenvalue weighted by atomic mass is 10.3. The van der Waals surface area contributed by atoms with Crippen molar-refractivity contribution >= 4 is 8.56 Å². The molecule has 0 spiro atoms. The van der Waals surface area contributed by atoms with Gasteiger partial charge < -0.3 is 8.85 Å². The molecule has 1 unspecified atom stereocenters. The van der Waals surface area contributed by atoms with E-state index in [9.17, 15) is 0 Å². The number of hydrogen-bond donors (Lipinski definition) is 0. The lowest BCUT2D eigenvalue weighted by Crippen LogP contribution is -2.38. The third kappa shape index (κ3) is 3.25. The van der Waals surface area contributed by atoms with Crippen LogP contribution in [-0.2, 0) is 8.85 Å². The first kappa shape index (κ1) is 10.2. The molecule has 0 aromatic heterocycles. The van der Waals surface area contributed by atoms with E-state index in [-0.39, 0.29) is 0 Å². The van der Waals surface area contributed by atoms with Crippen LogP contribution in [0, 0.1) is 5.92 Å². The molecule has 0 aliphatic heterocycles. The van der Waals surface area contributed by atoms with Crippen LogP contribution in [0.3, 0.4) is 0 Å². The molecule has 0 bridgehead atoms. The maximum atomic E-state index is 5.92. The lowest BCUT2D eigenvalue weighted by Gasteiger charge is -2.26. The first-order chi connectivity index (χ1) is 5.55. The molecule has 0 amide bonds. The van der Waals surface area contributed by atoms with E-state index in [4.69, 9.17) is 8.85 Å². The van der Waals surface area contributed by atoms with Crippen LogP contribution in [0.15, 0.2) is 0 Å². The zero-order valence-electron chi connectivity index (χ0n) is 8.59. The van der Waals surface area contributed by atoms with Crippen LogP contribution < -0.4 is 0 Å². The average Bonchev–Trinajstić information content (AvgIpc) is 2.65. The fourth-order valence-electron chi connectivity index (χ4n) is 1.49. The quantitative estimate of drug-likeness (QED) is 0.617. The molecule has 0 saturated heterocycles. The van der Waals surface area contributed by atoms with E-state index in [0.717, 1.165) is 12.5 Å². The third-order valence-electron chi connectivity index (χ3n) is 2.25. The summed E-state index contributed by atoms with van der Waals surface area (Å²) in [7, 11) is -1.79. The van der Waals surface area contributed by atoms with Crippen molar-refractivity contribution in [1.29, 1.82) is 0 Å². The van der Waals surface area contributed by atoms with Crippen molar-refractivity contribution in [2.75, 3.05) is 6.61 Å². The molecule has 1 aliphatic carbocycles. The SMILES string of the molecule is CCO[Si](C)(C)OC(C)C1CC1. The van der Waals surface area contributed by atoms with Gasteiger partial charge in [0.1, 0.15) is 0 Å². The van der Waals surface area contributed by atoms with Gasteiger partial charge in [0.15, 0.2) is 0 Å². The average molecular weight is 188 g/mol. The summed E-state index contributed by atoms with van der Waals surface area (Å²) < 4.78 is 11.5. The molecule has 12 heavy (non-hydrogen) atoms. The largest absolute Gasteiger partial charge is 0.395 e. The van der Waals surface area contributed by atoms with Crippen LogP contribution >= 0.6 is 0 Å². The van der Waals surface area contributed by atoms with Gasteiger partial charge >= 0.3 is 8.56 Å². The normalized spacial score (nSPS) is 21.0. The maximum Gasteiger partial charge on any atom is 0.331 e. The molecular formula is C9H20O2Si. The van der Waals surface area contributed by atoms with E-state index < -0.39 is 8.56 Å². The zero-order valence-corrected chi connectivity index (χ0v) is 9.59. The Hall–Kier alpha value is 0.137. The van der Waals surface area contributed by atoms with Gasteiger partial charge in [-0.15, -0.1) is 0 Å². The van der Waals surface area contributed by atoms with E-state index in [2.05, 4.69) is 20.0 Å². The van der Waals surface area contributed by atoms with Crippen molar-refractivity contribution in [2.45, 2.75) is 45.9 Å². The van der Waals surface area contributed by atoms with Crippen LogP contribution in [-0.4, -0.2) is 21.3 Å². The van der Waals surface area contributed by atoms with E-state index in [0.29, 0.717) is 6.10 Å². The molecule has 1 saturated carbocycles. The van der Waals surface area contributed by atoms with Crippen molar-refractivity contribution in [2.24, 2.45) is 5.92 Å². The topological polar surface area (TPSA) is 18.5 Å². The molecule has 2 nitrogen and oxygen atoms in total. The molecule has 1 atom stereocenters. The first-order valence-electron chi connectivity index (χ1n) is 4.87.